The zero-order valence-corrected chi connectivity index (χ0v) is 14.0. The van der Waals surface area contributed by atoms with Crippen LogP contribution in [0.2, 0.25) is 0 Å². The van der Waals surface area contributed by atoms with Crippen LogP contribution in [-0.2, 0) is 0 Å². The normalized spacial score (nSPS) is 10.8. The van der Waals surface area contributed by atoms with E-state index in [-0.39, 0.29) is 0 Å². The van der Waals surface area contributed by atoms with E-state index in [9.17, 15) is 0 Å². The second-order valence-electron chi connectivity index (χ2n) is 5.71. The van der Waals surface area contributed by atoms with Gasteiger partial charge in [-0.3, -0.25) is 0 Å². The zero-order chi connectivity index (χ0) is 16.8. The van der Waals surface area contributed by atoms with Gasteiger partial charge in [-0.15, -0.1) is 0 Å². The Hall–Kier alpha value is -3.07. The molecule has 0 spiro atoms. The van der Waals surface area contributed by atoms with Crippen molar-refractivity contribution in [2.75, 3.05) is 24.0 Å². The molecule has 3 heteroatoms. The molecule has 0 N–H and O–H groups in total. The summed E-state index contributed by atoms with van der Waals surface area (Å²) >= 11 is 0. The lowest BCUT2D eigenvalue weighted by Gasteiger charge is -2.19. The Labute approximate surface area is 143 Å². The SMILES string of the molecule is CN(C)c1ccc(/C=N\N(c2ccccc2)c2ccccc2)cc1. The molecule has 0 aliphatic heterocycles. The smallest absolute Gasteiger partial charge is 0.0652 e. The Morgan fingerprint density at radius 1 is 0.625 bits per heavy atom. The number of hydrazone groups is 1. The minimum absolute atomic E-state index is 1.03. The second kappa shape index (κ2) is 7.47. The van der Waals surface area contributed by atoms with Crippen molar-refractivity contribution in [2.45, 2.75) is 0 Å². The van der Waals surface area contributed by atoms with Gasteiger partial charge in [-0.1, -0.05) is 48.5 Å². The molecule has 0 bridgehead atoms. The second-order valence-corrected chi connectivity index (χ2v) is 5.71. The number of anilines is 3. The fourth-order valence-corrected chi connectivity index (χ4v) is 2.40. The average Bonchev–Trinajstić information content (AvgIpc) is 2.64. The molecule has 0 radical (unpaired) electrons. The number of hydrogen-bond acceptors (Lipinski definition) is 3. The highest BCUT2D eigenvalue weighted by Crippen LogP contribution is 2.25. The van der Waals surface area contributed by atoms with E-state index in [1.165, 1.54) is 5.69 Å². The first kappa shape index (κ1) is 15.8. The van der Waals surface area contributed by atoms with Crippen molar-refractivity contribution in [3.63, 3.8) is 0 Å². The molecule has 0 saturated heterocycles. The van der Waals surface area contributed by atoms with Crippen LogP contribution in [0.25, 0.3) is 0 Å². The van der Waals surface area contributed by atoms with Gasteiger partial charge in [0, 0.05) is 19.8 Å². The predicted molar refractivity (Wildman–Crippen MR) is 103 cm³/mol. The summed E-state index contributed by atoms with van der Waals surface area (Å²) < 4.78 is 0. The van der Waals surface area contributed by atoms with E-state index in [1.807, 2.05) is 61.7 Å². The van der Waals surface area contributed by atoms with E-state index in [0.29, 0.717) is 0 Å². The molecule has 3 rings (SSSR count). The van der Waals surface area contributed by atoms with E-state index >= 15 is 0 Å². The molecule has 0 amide bonds. The molecule has 3 aromatic carbocycles. The molecule has 0 atom stereocenters. The Morgan fingerprint density at radius 2 is 1.12 bits per heavy atom. The molecule has 0 saturated carbocycles. The van der Waals surface area contributed by atoms with Gasteiger partial charge in [-0.2, -0.15) is 5.10 Å². The maximum absolute atomic E-state index is 4.70. The Bertz CT molecular complexity index is 739. The van der Waals surface area contributed by atoms with E-state index in [4.69, 9.17) is 5.10 Å². The minimum atomic E-state index is 1.03. The minimum Gasteiger partial charge on any atom is -0.378 e. The van der Waals surface area contributed by atoms with E-state index in [2.05, 4.69) is 53.4 Å². The Kier molecular flexibility index (Phi) is 4.92. The van der Waals surface area contributed by atoms with Gasteiger partial charge in [0.25, 0.3) is 0 Å². The molecule has 0 aliphatic carbocycles. The van der Waals surface area contributed by atoms with Crippen LogP contribution in [0.15, 0.2) is 90.0 Å². The van der Waals surface area contributed by atoms with Crippen molar-refractivity contribution >= 4 is 23.3 Å². The Balaban J connectivity index is 1.89. The van der Waals surface area contributed by atoms with Crippen molar-refractivity contribution in [1.82, 2.24) is 0 Å². The van der Waals surface area contributed by atoms with Gasteiger partial charge >= 0.3 is 0 Å². The highest BCUT2D eigenvalue weighted by molar-refractivity contribution is 5.82. The molecule has 24 heavy (non-hydrogen) atoms. The summed E-state index contributed by atoms with van der Waals surface area (Å²) in [6.07, 6.45) is 1.89. The summed E-state index contributed by atoms with van der Waals surface area (Å²) in [6, 6.07) is 28.7. The third-order valence-corrected chi connectivity index (χ3v) is 3.73. The maximum Gasteiger partial charge on any atom is 0.0652 e. The van der Waals surface area contributed by atoms with Crippen LogP contribution in [0, 0.1) is 0 Å². The van der Waals surface area contributed by atoms with E-state index < -0.39 is 0 Å². The molecule has 120 valence electrons. The van der Waals surface area contributed by atoms with E-state index in [1.54, 1.807) is 0 Å². The van der Waals surface area contributed by atoms with Gasteiger partial charge in [0.15, 0.2) is 0 Å². The molecule has 0 unspecified atom stereocenters. The summed E-state index contributed by atoms with van der Waals surface area (Å²) in [4.78, 5) is 2.08. The van der Waals surface area contributed by atoms with Crippen LogP contribution >= 0.6 is 0 Å². The van der Waals surface area contributed by atoms with Crippen molar-refractivity contribution < 1.29 is 0 Å². The standard InChI is InChI=1S/C21H21N3/c1-23(2)19-15-13-18(14-16-19)17-22-24(20-9-5-3-6-10-20)21-11-7-4-8-12-21/h3-17H,1-2H3/b22-17-. The van der Waals surface area contributed by atoms with Gasteiger partial charge in [-0.25, -0.2) is 5.01 Å². The first-order valence-electron chi connectivity index (χ1n) is 7.95. The van der Waals surface area contributed by atoms with Gasteiger partial charge < -0.3 is 4.90 Å². The van der Waals surface area contributed by atoms with Crippen LogP contribution < -0.4 is 9.91 Å². The molecular formula is C21H21N3. The van der Waals surface area contributed by atoms with Crippen molar-refractivity contribution in [3.8, 4) is 0 Å². The summed E-state index contributed by atoms with van der Waals surface area (Å²) in [5.74, 6) is 0. The molecule has 3 aromatic rings. The molecule has 0 heterocycles. The quantitative estimate of drug-likeness (QED) is 0.491. The van der Waals surface area contributed by atoms with E-state index in [0.717, 1.165) is 16.9 Å². The van der Waals surface area contributed by atoms with Crippen molar-refractivity contribution in [3.05, 3.63) is 90.5 Å². The monoisotopic (exact) mass is 315 g/mol. The highest BCUT2D eigenvalue weighted by Gasteiger charge is 2.06. The lowest BCUT2D eigenvalue weighted by Crippen LogP contribution is -2.09. The molecule has 0 aliphatic rings. The van der Waals surface area contributed by atoms with Crippen LogP contribution in [0.3, 0.4) is 0 Å². The summed E-state index contributed by atoms with van der Waals surface area (Å²) in [6.45, 7) is 0. The Morgan fingerprint density at radius 3 is 1.58 bits per heavy atom. The predicted octanol–water partition coefficient (Wildman–Crippen LogP) is 4.92. The molecule has 0 aromatic heterocycles. The lowest BCUT2D eigenvalue weighted by atomic mass is 10.2. The van der Waals surface area contributed by atoms with Gasteiger partial charge in [-0.05, 0) is 42.0 Å². The van der Waals surface area contributed by atoms with Crippen molar-refractivity contribution in [1.29, 1.82) is 0 Å². The topological polar surface area (TPSA) is 18.8 Å². The molecular weight excluding hydrogens is 294 g/mol. The molecule has 0 fully saturated rings. The zero-order valence-electron chi connectivity index (χ0n) is 14.0. The highest BCUT2D eigenvalue weighted by atomic mass is 15.5. The van der Waals surface area contributed by atoms with Crippen molar-refractivity contribution in [2.24, 2.45) is 5.10 Å². The molecule has 3 nitrogen and oxygen atoms in total. The third kappa shape index (κ3) is 3.82. The van der Waals surface area contributed by atoms with Gasteiger partial charge in [0.05, 0.1) is 17.6 Å². The average molecular weight is 315 g/mol. The number of hydrogen-bond donors (Lipinski definition) is 0. The van der Waals surface area contributed by atoms with Crippen LogP contribution in [0.1, 0.15) is 5.56 Å². The summed E-state index contributed by atoms with van der Waals surface area (Å²) in [5.41, 5.74) is 4.31. The van der Waals surface area contributed by atoms with Gasteiger partial charge in [0.1, 0.15) is 0 Å². The van der Waals surface area contributed by atoms with Crippen LogP contribution in [-0.4, -0.2) is 20.3 Å². The van der Waals surface area contributed by atoms with Gasteiger partial charge in [0.2, 0.25) is 0 Å². The number of para-hydroxylation sites is 2. The largest absolute Gasteiger partial charge is 0.378 e. The van der Waals surface area contributed by atoms with Crippen LogP contribution in [0.5, 0.6) is 0 Å². The lowest BCUT2D eigenvalue weighted by molar-refractivity contribution is 1.09. The fraction of sp³-hybridized carbons (Fsp3) is 0.0952. The van der Waals surface area contributed by atoms with Crippen LogP contribution in [0.4, 0.5) is 17.1 Å². The number of benzene rings is 3. The first-order chi connectivity index (χ1) is 11.7. The summed E-state index contributed by atoms with van der Waals surface area (Å²) in [5, 5.41) is 6.65. The first-order valence-corrected chi connectivity index (χ1v) is 7.95. The maximum atomic E-state index is 4.70. The summed E-state index contributed by atoms with van der Waals surface area (Å²) in [7, 11) is 4.07. The number of nitrogens with zero attached hydrogens (tertiary/aromatic N) is 3. The number of rotatable bonds is 5. The fourth-order valence-electron chi connectivity index (χ4n) is 2.40. The third-order valence-electron chi connectivity index (χ3n) is 3.73.